The van der Waals surface area contributed by atoms with Crippen LogP contribution < -0.4 is 0 Å². The van der Waals surface area contributed by atoms with Gasteiger partial charge in [0.2, 0.25) is 0 Å². The van der Waals surface area contributed by atoms with Gasteiger partial charge in [-0.3, -0.25) is 4.98 Å². The Hall–Kier alpha value is -0.970. The molecule has 0 bridgehead atoms. The summed E-state index contributed by atoms with van der Waals surface area (Å²) in [6, 6.07) is 3.84. The van der Waals surface area contributed by atoms with E-state index in [0.29, 0.717) is 0 Å². The Balaban J connectivity index is 0.000000415. The first-order chi connectivity index (χ1) is 9.34. The highest BCUT2D eigenvalue weighted by molar-refractivity contribution is 7.25. The first-order valence-corrected chi connectivity index (χ1v) is 8.36. The van der Waals surface area contributed by atoms with E-state index in [2.05, 4.69) is 9.97 Å². The quantitative estimate of drug-likeness (QED) is 0.540. The zero-order valence-electron chi connectivity index (χ0n) is 11.5. The van der Waals surface area contributed by atoms with Gasteiger partial charge in [0.1, 0.15) is 5.01 Å². The second kappa shape index (κ2) is 8.25. The molecule has 3 aromatic rings. The van der Waals surface area contributed by atoms with Crippen LogP contribution in [0.1, 0.15) is 27.7 Å². The minimum absolute atomic E-state index is 0.757. The van der Waals surface area contributed by atoms with Crippen LogP contribution in [-0.2, 0) is 0 Å². The van der Waals surface area contributed by atoms with Crippen LogP contribution in [0.5, 0.6) is 0 Å². The maximum atomic E-state index is 6.09. The predicted molar refractivity (Wildman–Crippen MR) is 88.4 cm³/mol. The maximum absolute atomic E-state index is 6.09. The number of aromatic nitrogens is 2. The van der Waals surface area contributed by atoms with Crippen molar-refractivity contribution in [2.45, 2.75) is 27.7 Å². The Labute approximate surface area is 127 Å². The van der Waals surface area contributed by atoms with E-state index in [1.165, 1.54) is 0 Å². The van der Waals surface area contributed by atoms with Gasteiger partial charge in [0.25, 0.3) is 0 Å². The molecule has 0 aliphatic carbocycles. The number of thiophene rings is 1. The molecule has 0 spiro atoms. The van der Waals surface area contributed by atoms with Gasteiger partial charge in [0.05, 0.1) is 20.1 Å². The minimum atomic E-state index is 0.757. The molecular weight excluding hydrogens is 296 g/mol. The van der Waals surface area contributed by atoms with Gasteiger partial charge in [-0.2, -0.15) is 0 Å². The zero-order chi connectivity index (χ0) is 14.3. The summed E-state index contributed by atoms with van der Waals surface area (Å²) in [6.45, 7) is 8.00. The van der Waals surface area contributed by atoms with Gasteiger partial charge in [0, 0.05) is 17.8 Å². The van der Waals surface area contributed by atoms with Crippen LogP contribution >= 0.6 is 34.3 Å². The molecule has 5 heteroatoms. The van der Waals surface area contributed by atoms with Crippen molar-refractivity contribution in [3.05, 3.63) is 34.9 Å². The number of thiazole rings is 1. The first kappa shape index (κ1) is 16.1. The van der Waals surface area contributed by atoms with E-state index in [4.69, 9.17) is 11.6 Å². The average Bonchev–Trinajstić information content (AvgIpc) is 3.12. The molecule has 0 aromatic carbocycles. The number of hydrogen-bond donors (Lipinski definition) is 0. The van der Waals surface area contributed by atoms with Crippen molar-refractivity contribution >= 4 is 44.5 Å². The van der Waals surface area contributed by atoms with Gasteiger partial charge in [-0.05, 0) is 12.1 Å². The lowest BCUT2D eigenvalue weighted by Crippen LogP contribution is -1.70. The van der Waals surface area contributed by atoms with E-state index in [-0.39, 0.29) is 0 Å². The molecule has 0 radical (unpaired) electrons. The Morgan fingerprint density at radius 3 is 2.37 bits per heavy atom. The fourth-order valence-corrected chi connectivity index (χ4v) is 3.36. The third kappa shape index (κ3) is 3.75. The summed E-state index contributed by atoms with van der Waals surface area (Å²) >= 11 is 9.35. The third-order valence-corrected chi connectivity index (χ3v) is 4.53. The molecule has 0 aliphatic heterocycles. The number of nitrogens with zero attached hydrogens (tertiary/aromatic N) is 2. The maximum Gasteiger partial charge on any atom is 0.133 e. The van der Waals surface area contributed by atoms with Crippen molar-refractivity contribution in [1.29, 1.82) is 0 Å². The van der Waals surface area contributed by atoms with Crippen LogP contribution in [0.3, 0.4) is 0 Å². The van der Waals surface area contributed by atoms with E-state index < -0.39 is 0 Å². The van der Waals surface area contributed by atoms with Gasteiger partial charge in [-0.25, -0.2) is 4.98 Å². The first-order valence-electron chi connectivity index (χ1n) is 6.28. The van der Waals surface area contributed by atoms with E-state index in [0.717, 1.165) is 25.1 Å². The Bertz CT molecular complexity index is 603. The van der Waals surface area contributed by atoms with Crippen molar-refractivity contribution in [3.8, 4) is 9.88 Å². The highest BCUT2D eigenvalue weighted by Gasteiger charge is 2.08. The van der Waals surface area contributed by atoms with Crippen LogP contribution in [0.4, 0.5) is 0 Å². The summed E-state index contributed by atoms with van der Waals surface area (Å²) < 4.78 is 1.03. The SMILES string of the molecule is CC.CC.Clc1ccnc2cc(-c3nccs3)sc12. The van der Waals surface area contributed by atoms with E-state index in [9.17, 15) is 0 Å². The number of fused-ring (bicyclic) bond motifs is 1. The molecule has 19 heavy (non-hydrogen) atoms. The average molecular weight is 313 g/mol. The molecule has 3 rings (SSSR count). The lowest BCUT2D eigenvalue weighted by atomic mass is 10.4. The van der Waals surface area contributed by atoms with E-state index in [1.807, 2.05) is 45.2 Å². The molecule has 2 nitrogen and oxygen atoms in total. The summed E-state index contributed by atoms with van der Waals surface area (Å²) in [4.78, 5) is 9.67. The molecular formula is C14H17ClN2S2. The molecule has 0 saturated carbocycles. The molecule has 3 heterocycles. The minimum Gasteiger partial charge on any atom is -0.255 e. The highest BCUT2D eigenvalue weighted by Crippen LogP contribution is 2.36. The highest BCUT2D eigenvalue weighted by atomic mass is 35.5. The molecule has 0 atom stereocenters. The summed E-state index contributed by atoms with van der Waals surface area (Å²) in [5.41, 5.74) is 0.942. The summed E-state index contributed by atoms with van der Waals surface area (Å²) in [6.07, 6.45) is 3.53. The second-order valence-electron chi connectivity index (χ2n) is 2.96. The fraction of sp³-hybridized carbons (Fsp3) is 0.286. The normalized spacial score (nSPS) is 9.32. The summed E-state index contributed by atoms with van der Waals surface area (Å²) in [7, 11) is 0. The van der Waals surface area contributed by atoms with Crippen molar-refractivity contribution < 1.29 is 0 Å². The van der Waals surface area contributed by atoms with Gasteiger partial charge in [-0.1, -0.05) is 39.3 Å². The third-order valence-electron chi connectivity index (χ3n) is 2.01. The molecule has 0 aliphatic rings. The Morgan fingerprint density at radius 2 is 1.79 bits per heavy atom. The lowest BCUT2D eigenvalue weighted by Gasteiger charge is -1.88. The fourth-order valence-electron chi connectivity index (χ4n) is 1.36. The molecule has 0 unspecified atom stereocenters. The van der Waals surface area contributed by atoms with Gasteiger partial charge in [0.15, 0.2) is 0 Å². The van der Waals surface area contributed by atoms with Crippen molar-refractivity contribution in [2.24, 2.45) is 0 Å². The molecule has 3 aromatic heterocycles. The predicted octanol–water partition coefficient (Wildman–Crippen LogP) is 6.13. The van der Waals surface area contributed by atoms with E-state index >= 15 is 0 Å². The number of rotatable bonds is 1. The largest absolute Gasteiger partial charge is 0.255 e. The van der Waals surface area contributed by atoms with Gasteiger partial charge < -0.3 is 0 Å². The van der Waals surface area contributed by atoms with E-state index in [1.54, 1.807) is 35.1 Å². The van der Waals surface area contributed by atoms with Crippen LogP contribution in [0.25, 0.3) is 20.1 Å². The van der Waals surface area contributed by atoms with Crippen molar-refractivity contribution in [2.75, 3.05) is 0 Å². The molecule has 102 valence electrons. The van der Waals surface area contributed by atoms with Crippen molar-refractivity contribution in [1.82, 2.24) is 9.97 Å². The standard InChI is InChI=1S/C10H5ClN2S2.2C2H6/c11-6-1-2-12-7-5-8(15-9(6)7)10-13-3-4-14-10;2*1-2/h1-5H;2*1-2H3. The monoisotopic (exact) mass is 312 g/mol. The van der Waals surface area contributed by atoms with Crippen molar-refractivity contribution in [3.63, 3.8) is 0 Å². The van der Waals surface area contributed by atoms with Crippen LogP contribution in [0.2, 0.25) is 5.02 Å². The van der Waals surface area contributed by atoms with Crippen LogP contribution in [0.15, 0.2) is 29.9 Å². The smallest absolute Gasteiger partial charge is 0.133 e. The van der Waals surface area contributed by atoms with Crippen LogP contribution in [-0.4, -0.2) is 9.97 Å². The summed E-state index contributed by atoms with van der Waals surface area (Å²) in [5.74, 6) is 0. The Morgan fingerprint density at radius 1 is 1.05 bits per heavy atom. The lowest BCUT2D eigenvalue weighted by molar-refractivity contribution is 1.42. The van der Waals surface area contributed by atoms with Gasteiger partial charge in [-0.15, -0.1) is 22.7 Å². The Kier molecular flexibility index (Phi) is 6.99. The zero-order valence-corrected chi connectivity index (χ0v) is 13.9. The molecule has 0 amide bonds. The topological polar surface area (TPSA) is 25.8 Å². The number of pyridine rings is 1. The number of halogens is 1. The molecule has 0 fully saturated rings. The summed E-state index contributed by atoms with van der Waals surface area (Å²) in [5, 5.41) is 3.75. The van der Waals surface area contributed by atoms with Gasteiger partial charge >= 0.3 is 0 Å². The second-order valence-corrected chi connectivity index (χ2v) is 5.31. The number of hydrogen-bond acceptors (Lipinski definition) is 4. The van der Waals surface area contributed by atoms with Crippen LogP contribution in [0, 0.1) is 0 Å². The molecule has 0 N–H and O–H groups in total. The molecule has 0 saturated heterocycles.